The molecule has 0 amide bonds. The standard InChI is InChI=1S/C12H14O4/c1-8-4-5-9(11(6-8)15-2)10(13)7-12(14)16-3/h4-6H,7H2,1-3H3. The SMILES string of the molecule is COC(=O)CC(=O)c1ccc(C)cc1OC. The molecule has 0 saturated carbocycles. The lowest BCUT2D eigenvalue weighted by molar-refractivity contribution is -0.139. The minimum Gasteiger partial charge on any atom is -0.496 e. The van der Waals surface area contributed by atoms with Gasteiger partial charge in [0, 0.05) is 0 Å². The lowest BCUT2D eigenvalue weighted by Crippen LogP contribution is -2.10. The van der Waals surface area contributed by atoms with E-state index < -0.39 is 5.97 Å². The van der Waals surface area contributed by atoms with Crippen molar-refractivity contribution in [3.8, 4) is 5.75 Å². The molecule has 4 nitrogen and oxygen atoms in total. The van der Waals surface area contributed by atoms with E-state index in [9.17, 15) is 9.59 Å². The number of hydrogen-bond acceptors (Lipinski definition) is 4. The molecule has 1 aromatic rings. The highest BCUT2D eigenvalue weighted by atomic mass is 16.5. The summed E-state index contributed by atoms with van der Waals surface area (Å²) in [5.74, 6) is -0.370. The second kappa shape index (κ2) is 5.30. The fourth-order valence-electron chi connectivity index (χ4n) is 1.33. The summed E-state index contributed by atoms with van der Waals surface area (Å²) in [5, 5.41) is 0. The van der Waals surface area contributed by atoms with Gasteiger partial charge in [0.25, 0.3) is 0 Å². The first-order chi connectivity index (χ1) is 7.58. The highest BCUT2D eigenvalue weighted by molar-refractivity contribution is 6.07. The molecule has 0 radical (unpaired) electrons. The van der Waals surface area contributed by atoms with Crippen molar-refractivity contribution >= 4 is 11.8 Å². The zero-order valence-corrected chi connectivity index (χ0v) is 9.57. The quantitative estimate of drug-likeness (QED) is 0.442. The Hall–Kier alpha value is -1.84. The summed E-state index contributed by atoms with van der Waals surface area (Å²) in [7, 11) is 2.74. The molecule has 0 aliphatic rings. The fourth-order valence-corrected chi connectivity index (χ4v) is 1.33. The van der Waals surface area contributed by atoms with Crippen LogP contribution in [0.1, 0.15) is 22.3 Å². The molecule has 0 N–H and O–H groups in total. The number of aryl methyl sites for hydroxylation is 1. The van der Waals surface area contributed by atoms with E-state index in [1.165, 1.54) is 14.2 Å². The van der Waals surface area contributed by atoms with Gasteiger partial charge in [0.05, 0.1) is 19.8 Å². The van der Waals surface area contributed by atoms with Crippen molar-refractivity contribution in [1.82, 2.24) is 0 Å². The van der Waals surface area contributed by atoms with Crippen LogP contribution in [0, 0.1) is 6.92 Å². The van der Waals surface area contributed by atoms with Crippen molar-refractivity contribution in [2.75, 3.05) is 14.2 Å². The highest BCUT2D eigenvalue weighted by Crippen LogP contribution is 2.21. The average Bonchev–Trinajstić information content (AvgIpc) is 2.28. The van der Waals surface area contributed by atoms with Crippen LogP contribution in [-0.2, 0) is 9.53 Å². The Labute approximate surface area is 94.2 Å². The van der Waals surface area contributed by atoms with Gasteiger partial charge in [-0.3, -0.25) is 9.59 Å². The second-order valence-electron chi connectivity index (χ2n) is 3.38. The summed E-state index contributed by atoms with van der Waals surface area (Å²) in [5.41, 5.74) is 1.39. The van der Waals surface area contributed by atoms with Crippen molar-refractivity contribution in [2.24, 2.45) is 0 Å². The van der Waals surface area contributed by atoms with Gasteiger partial charge in [-0.25, -0.2) is 0 Å². The molecule has 16 heavy (non-hydrogen) atoms. The smallest absolute Gasteiger partial charge is 0.313 e. The van der Waals surface area contributed by atoms with Crippen LogP contribution in [0.3, 0.4) is 0 Å². The molecular formula is C12H14O4. The van der Waals surface area contributed by atoms with Gasteiger partial charge in [-0.15, -0.1) is 0 Å². The molecule has 4 heteroatoms. The number of hydrogen-bond donors (Lipinski definition) is 0. The van der Waals surface area contributed by atoms with Crippen LogP contribution in [0.15, 0.2) is 18.2 Å². The minimum atomic E-state index is -0.548. The van der Waals surface area contributed by atoms with Gasteiger partial charge in [-0.1, -0.05) is 6.07 Å². The largest absolute Gasteiger partial charge is 0.496 e. The van der Waals surface area contributed by atoms with Gasteiger partial charge >= 0.3 is 5.97 Å². The Balaban J connectivity index is 2.94. The second-order valence-corrected chi connectivity index (χ2v) is 3.38. The van der Waals surface area contributed by atoms with Gasteiger partial charge in [0.2, 0.25) is 0 Å². The van der Waals surface area contributed by atoms with Gasteiger partial charge in [-0.05, 0) is 24.6 Å². The van der Waals surface area contributed by atoms with Crippen LogP contribution in [0.4, 0.5) is 0 Å². The Morgan fingerprint density at radius 2 is 1.94 bits per heavy atom. The predicted molar refractivity (Wildman–Crippen MR) is 58.7 cm³/mol. The van der Waals surface area contributed by atoms with Crippen LogP contribution in [0.25, 0.3) is 0 Å². The lowest BCUT2D eigenvalue weighted by atomic mass is 10.1. The van der Waals surface area contributed by atoms with E-state index in [4.69, 9.17) is 4.74 Å². The van der Waals surface area contributed by atoms with E-state index in [-0.39, 0.29) is 12.2 Å². The van der Waals surface area contributed by atoms with Crippen molar-refractivity contribution < 1.29 is 19.1 Å². The first-order valence-electron chi connectivity index (χ1n) is 4.83. The minimum absolute atomic E-state index is 0.268. The number of carbonyl (C=O) groups excluding carboxylic acids is 2. The van der Waals surface area contributed by atoms with E-state index in [0.29, 0.717) is 11.3 Å². The lowest BCUT2D eigenvalue weighted by Gasteiger charge is -2.07. The number of rotatable bonds is 4. The Morgan fingerprint density at radius 3 is 2.50 bits per heavy atom. The summed E-state index contributed by atoms with van der Waals surface area (Å²) >= 11 is 0. The Bertz CT molecular complexity index is 409. The molecule has 0 aliphatic heterocycles. The van der Waals surface area contributed by atoms with E-state index in [0.717, 1.165) is 5.56 Å². The van der Waals surface area contributed by atoms with Crippen LogP contribution < -0.4 is 4.74 Å². The molecule has 0 aromatic heterocycles. The van der Waals surface area contributed by atoms with E-state index in [1.54, 1.807) is 18.2 Å². The van der Waals surface area contributed by atoms with Crippen LogP contribution in [0.2, 0.25) is 0 Å². The first-order valence-corrected chi connectivity index (χ1v) is 4.83. The number of ether oxygens (including phenoxy) is 2. The van der Waals surface area contributed by atoms with Gasteiger partial charge in [0.1, 0.15) is 12.2 Å². The van der Waals surface area contributed by atoms with Crippen molar-refractivity contribution in [3.63, 3.8) is 0 Å². The topological polar surface area (TPSA) is 52.6 Å². The summed E-state index contributed by atoms with van der Waals surface area (Å²) in [6.45, 7) is 1.90. The molecule has 0 fully saturated rings. The molecular weight excluding hydrogens is 208 g/mol. The number of methoxy groups -OCH3 is 2. The molecule has 0 heterocycles. The van der Waals surface area contributed by atoms with Crippen LogP contribution in [-0.4, -0.2) is 26.0 Å². The normalized spacial score (nSPS) is 9.69. The number of esters is 1. The molecule has 1 rings (SSSR count). The van der Waals surface area contributed by atoms with Crippen LogP contribution >= 0.6 is 0 Å². The summed E-state index contributed by atoms with van der Waals surface area (Å²) < 4.78 is 9.53. The third-order valence-corrected chi connectivity index (χ3v) is 2.19. The maximum Gasteiger partial charge on any atom is 0.313 e. The van der Waals surface area contributed by atoms with Gasteiger partial charge in [0.15, 0.2) is 5.78 Å². The molecule has 0 aliphatic carbocycles. The fraction of sp³-hybridized carbons (Fsp3) is 0.333. The number of carbonyl (C=O) groups is 2. The van der Waals surface area contributed by atoms with E-state index in [1.807, 2.05) is 6.92 Å². The average molecular weight is 222 g/mol. The Kier molecular flexibility index (Phi) is 4.05. The summed E-state index contributed by atoms with van der Waals surface area (Å²) in [6, 6.07) is 5.21. The molecule has 86 valence electrons. The Morgan fingerprint density at radius 1 is 1.25 bits per heavy atom. The molecule has 1 aromatic carbocycles. The van der Waals surface area contributed by atoms with Gasteiger partial charge in [-0.2, -0.15) is 0 Å². The van der Waals surface area contributed by atoms with Crippen molar-refractivity contribution in [3.05, 3.63) is 29.3 Å². The van der Waals surface area contributed by atoms with E-state index in [2.05, 4.69) is 4.74 Å². The first kappa shape index (κ1) is 12.2. The number of benzene rings is 1. The molecule has 0 spiro atoms. The third-order valence-electron chi connectivity index (χ3n) is 2.19. The van der Waals surface area contributed by atoms with Crippen molar-refractivity contribution in [1.29, 1.82) is 0 Å². The molecule has 0 saturated heterocycles. The summed E-state index contributed by atoms with van der Waals surface area (Å²) in [6.07, 6.45) is -0.268. The number of Topliss-reactive ketones (excluding diaryl/α,β-unsaturated/α-hetero) is 1. The maximum absolute atomic E-state index is 11.7. The molecule has 0 atom stereocenters. The van der Waals surface area contributed by atoms with Crippen LogP contribution in [0.5, 0.6) is 5.75 Å². The highest BCUT2D eigenvalue weighted by Gasteiger charge is 2.16. The monoisotopic (exact) mass is 222 g/mol. The van der Waals surface area contributed by atoms with Crippen molar-refractivity contribution in [2.45, 2.75) is 13.3 Å². The van der Waals surface area contributed by atoms with E-state index >= 15 is 0 Å². The third kappa shape index (κ3) is 2.82. The maximum atomic E-state index is 11.7. The molecule has 0 unspecified atom stereocenters. The molecule has 0 bridgehead atoms. The van der Waals surface area contributed by atoms with Gasteiger partial charge < -0.3 is 9.47 Å². The number of ketones is 1. The summed E-state index contributed by atoms with van der Waals surface area (Å²) in [4.78, 5) is 22.7. The zero-order chi connectivity index (χ0) is 12.1. The zero-order valence-electron chi connectivity index (χ0n) is 9.57. The predicted octanol–water partition coefficient (Wildman–Crippen LogP) is 1.75.